The minimum atomic E-state index is -0.435. The number of rotatable bonds is 6. The van der Waals surface area contributed by atoms with Crippen LogP contribution in [0.1, 0.15) is 13.2 Å². The predicted molar refractivity (Wildman–Crippen MR) is 81.7 cm³/mol. The van der Waals surface area contributed by atoms with Crippen molar-refractivity contribution in [3.05, 3.63) is 12.7 Å². The largest absolute Gasteiger partial charge is 0.382 e. The van der Waals surface area contributed by atoms with Gasteiger partial charge in [-0.2, -0.15) is 0 Å². The molecule has 0 aliphatic carbocycles. The lowest BCUT2D eigenvalue weighted by Crippen LogP contribution is -2.37. The molecule has 3 rings (SSSR count). The second-order valence-corrected chi connectivity index (χ2v) is 5.21. The molecule has 4 atom stereocenters. The minimum Gasteiger partial charge on any atom is -0.382 e. The second kappa shape index (κ2) is 6.75. The van der Waals surface area contributed by atoms with E-state index >= 15 is 0 Å². The van der Waals surface area contributed by atoms with E-state index in [-0.39, 0.29) is 18.3 Å². The first-order valence-corrected chi connectivity index (χ1v) is 7.43. The van der Waals surface area contributed by atoms with Crippen molar-refractivity contribution < 1.29 is 18.9 Å². The summed E-state index contributed by atoms with van der Waals surface area (Å²) in [4.78, 5) is 12.5. The molecule has 2 aromatic heterocycles. The monoisotopic (exact) mass is 323 g/mol. The van der Waals surface area contributed by atoms with Gasteiger partial charge in [0.25, 0.3) is 0 Å². The zero-order valence-corrected chi connectivity index (χ0v) is 13.4. The number of methoxy groups -OCH3 is 2. The Labute approximate surface area is 133 Å². The van der Waals surface area contributed by atoms with Crippen molar-refractivity contribution in [2.75, 3.05) is 33.2 Å². The van der Waals surface area contributed by atoms with Crippen molar-refractivity contribution in [2.45, 2.75) is 31.5 Å². The Hall–Kier alpha value is -1.81. The Bertz CT molecular complexity index is 664. The number of nitrogen functional groups attached to an aromatic ring is 1. The molecule has 2 unspecified atom stereocenters. The highest BCUT2D eigenvalue weighted by Crippen LogP contribution is 2.35. The third kappa shape index (κ3) is 2.76. The zero-order valence-electron chi connectivity index (χ0n) is 13.4. The molecular formula is C14H21N5O4. The molecule has 1 saturated heterocycles. The van der Waals surface area contributed by atoms with Crippen LogP contribution in [0.3, 0.4) is 0 Å². The highest BCUT2D eigenvalue weighted by Gasteiger charge is 2.46. The Morgan fingerprint density at radius 3 is 2.70 bits per heavy atom. The summed E-state index contributed by atoms with van der Waals surface area (Å²) in [5, 5.41) is 0. The molecule has 2 aromatic rings. The van der Waals surface area contributed by atoms with E-state index in [1.165, 1.54) is 6.33 Å². The molecule has 2 N–H and O–H groups in total. The molecule has 0 spiro atoms. The number of fused-ring (bicyclic) bond motifs is 1. The van der Waals surface area contributed by atoms with Gasteiger partial charge in [0.2, 0.25) is 0 Å². The topological polar surface area (TPSA) is 107 Å². The highest BCUT2D eigenvalue weighted by molar-refractivity contribution is 5.81. The number of hydrogen-bond acceptors (Lipinski definition) is 8. The summed E-state index contributed by atoms with van der Waals surface area (Å²) in [6.45, 7) is 2.97. The molecule has 3 heterocycles. The molecule has 9 nitrogen and oxygen atoms in total. The van der Waals surface area contributed by atoms with E-state index in [2.05, 4.69) is 15.0 Å². The Balaban J connectivity index is 1.95. The standard InChI is InChI=1S/C14H21N5O4/c1-4-22-5-8-10(20-2)11(21-3)14(23-8)19-7-18-9-12(15)16-6-17-13(9)19/h6-8,10-11,14H,4-5H2,1-3H3,(H2,15,16,17)/t8-,10?,11?,14-/m1/s1. The summed E-state index contributed by atoms with van der Waals surface area (Å²) in [6, 6.07) is 0. The number of nitrogens with zero attached hydrogens (tertiary/aromatic N) is 4. The summed E-state index contributed by atoms with van der Waals surface area (Å²) in [7, 11) is 3.26. The third-order valence-electron chi connectivity index (χ3n) is 3.98. The quantitative estimate of drug-likeness (QED) is 0.813. The van der Waals surface area contributed by atoms with Gasteiger partial charge in [0.15, 0.2) is 17.7 Å². The lowest BCUT2D eigenvalue weighted by atomic mass is 10.1. The molecular weight excluding hydrogens is 302 g/mol. The van der Waals surface area contributed by atoms with Gasteiger partial charge < -0.3 is 24.7 Å². The molecule has 1 fully saturated rings. The minimum absolute atomic E-state index is 0.244. The molecule has 0 radical (unpaired) electrons. The normalized spacial score (nSPS) is 27.8. The molecule has 9 heteroatoms. The molecule has 0 amide bonds. The summed E-state index contributed by atoms with van der Waals surface area (Å²) >= 11 is 0. The lowest BCUT2D eigenvalue weighted by molar-refractivity contribution is -0.0689. The van der Waals surface area contributed by atoms with Crippen LogP contribution in [0.5, 0.6) is 0 Å². The van der Waals surface area contributed by atoms with Crippen molar-refractivity contribution in [3.63, 3.8) is 0 Å². The second-order valence-electron chi connectivity index (χ2n) is 5.21. The maximum atomic E-state index is 6.11. The van der Waals surface area contributed by atoms with Crippen molar-refractivity contribution >= 4 is 17.0 Å². The number of aromatic nitrogens is 4. The lowest BCUT2D eigenvalue weighted by Gasteiger charge is -2.22. The van der Waals surface area contributed by atoms with Crippen molar-refractivity contribution in [2.24, 2.45) is 0 Å². The third-order valence-corrected chi connectivity index (χ3v) is 3.98. The van der Waals surface area contributed by atoms with E-state index in [0.29, 0.717) is 30.2 Å². The van der Waals surface area contributed by atoms with Gasteiger partial charge in [0.1, 0.15) is 30.2 Å². The van der Waals surface area contributed by atoms with Gasteiger partial charge >= 0.3 is 0 Å². The van der Waals surface area contributed by atoms with Crippen LogP contribution < -0.4 is 5.73 Å². The molecule has 0 saturated carbocycles. The van der Waals surface area contributed by atoms with Gasteiger partial charge in [0.05, 0.1) is 12.9 Å². The number of nitrogens with two attached hydrogens (primary N) is 1. The van der Waals surface area contributed by atoms with E-state index in [4.69, 9.17) is 24.7 Å². The average molecular weight is 323 g/mol. The summed E-state index contributed by atoms with van der Waals surface area (Å²) in [5.41, 5.74) is 6.97. The molecule has 126 valence electrons. The SMILES string of the molecule is CCOC[C@H]1O[C@@H](n2cnc3c(N)ncnc32)C(OC)C1OC. The van der Waals surface area contributed by atoms with Crippen molar-refractivity contribution in [1.29, 1.82) is 0 Å². The van der Waals surface area contributed by atoms with Crippen LogP contribution in [-0.2, 0) is 18.9 Å². The molecule has 0 bridgehead atoms. The fraction of sp³-hybridized carbons (Fsp3) is 0.643. The van der Waals surface area contributed by atoms with E-state index in [0.717, 1.165) is 0 Å². The van der Waals surface area contributed by atoms with E-state index in [1.807, 2.05) is 6.92 Å². The van der Waals surface area contributed by atoms with E-state index in [1.54, 1.807) is 25.1 Å². The van der Waals surface area contributed by atoms with E-state index in [9.17, 15) is 0 Å². The maximum absolute atomic E-state index is 6.11. The molecule has 1 aliphatic rings. The fourth-order valence-corrected chi connectivity index (χ4v) is 2.89. The van der Waals surface area contributed by atoms with Gasteiger partial charge in [0, 0.05) is 20.8 Å². The first-order chi connectivity index (χ1) is 11.2. The van der Waals surface area contributed by atoms with Gasteiger partial charge in [-0.05, 0) is 6.92 Å². The first-order valence-electron chi connectivity index (χ1n) is 7.43. The average Bonchev–Trinajstić information content (AvgIpc) is 3.13. The van der Waals surface area contributed by atoms with Crippen molar-refractivity contribution in [3.8, 4) is 0 Å². The summed E-state index contributed by atoms with van der Waals surface area (Å²) in [6.07, 6.45) is 1.77. The smallest absolute Gasteiger partial charge is 0.167 e. The van der Waals surface area contributed by atoms with Gasteiger partial charge in [-0.15, -0.1) is 0 Å². The number of anilines is 1. The fourth-order valence-electron chi connectivity index (χ4n) is 2.89. The zero-order chi connectivity index (χ0) is 16.4. The van der Waals surface area contributed by atoms with Gasteiger partial charge in [-0.3, -0.25) is 4.57 Å². The Morgan fingerprint density at radius 2 is 2.00 bits per heavy atom. The van der Waals surface area contributed by atoms with Crippen LogP contribution in [0.2, 0.25) is 0 Å². The van der Waals surface area contributed by atoms with Gasteiger partial charge in [-0.1, -0.05) is 0 Å². The summed E-state index contributed by atoms with van der Waals surface area (Å²) in [5.74, 6) is 0.329. The van der Waals surface area contributed by atoms with Crippen LogP contribution in [0.15, 0.2) is 12.7 Å². The number of hydrogen-bond donors (Lipinski definition) is 1. The van der Waals surface area contributed by atoms with Crippen LogP contribution in [-0.4, -0.2) is 65.3 Å². The van der Waals surface area contributed by atoms with Crippen LogP contribution in [0.25, 0.3) is 11.2 Å². The highest BCUT2D eigenvalue weighted by atomic mass is 16.6. The molecule has 0 aromatic carbocycles. The maximum Gasteiger partial charge on any atom is 0.167 e. The van der Waals surface area contributed by atoms with Gasteiger partial charge in [-0.25, -0.2) is 15.0 Å². The first kappa shape index (κ1) is 16.1. The molecule has 23 heavy (non-hydrogen) atoms. The number of ether oxygens (including phenoxy) is 4. The summed E-state index contributed by atoms with van der Waals surface area (Å²) < 4.78 is 24.6. The van der Waals surface area contributed by atoms with E-state index < -0.39 is 6.23 Å². The molecule has 1 aliphatic heterocycles. The van der Waals surface area contributed by atoms with Crippen LogP contribution in [0.4, 0.5) is 5.82 Å². The Morgan fingerprint density at radius 1 is 1.22 bits per heavy atom. The predicted octanol–water partition coefficient (Wildman–Crippen LogP) is 0.372. The number of imidazole rings is 1. The Kier molecular flexibility index (Phi) is 4.71. The van der Waals surface area contributed by atoms with Crippen LogP contribution >= 0.6 is 0 Å². The van der Waals surface area contributed by atoms with Crippen molar-refractivity contribution in [1.82, 2.24) is 19.5 Å². The van der Waals surface area contributed by atoms with Crippen LogP contribution in [0, 0.1) is 0 Å².